The molecule has 4 nitrogen and oxygen atoms in total. The quantitative estimate of drug-likeness (QED) is 0.661. The Morgan fingerprint density at radius 2 is 1.65 bits per heavy atom. The maximum absolute atomic E-state index is 9.70. The van der Waals surface area contributed by atoms with Gasteiger partial charge in [-0.2, -0.15) is 0 Å². The molecule has 0 fully saturated rings. The van der Waals surface area contributed by atoms with Gasteiger partial charge in [0.25, 0.3) is 0 Å². The first kappa shape index (κ1) is 16.5. The summed E-state index contributed by atoms with van der Waals surface area (Å²) >= 11 is 0. The van der Waals surface area contributed by atoms with E-state index in [-0.39, 0.29) is 12.0 Å². The molecule has 0 aromatic heterocycles. The number of guanidine groups is 1. The Hall–Kier alpha value is -1.55. The lowest BCUT2D eigenvalue weighted by Crippen LogP contribution is -2.35. The molecule has 0 aliphatic carbocycles. The highest BCUT2D eigenvalue weighted by molar-refractivity contribution is 5.79. The van der Waals surface area contributed by atoms with Crippen LogP contribution in [0.2, 0.25) is 0 Å². The minimum absolute atomic E-state index is 0.242. The number of hydrogen-bond acceptors (Lipinski definition) is 2. The highest BCUT2D eigenvalue weighted by atomic mass is 16.3. The third-order valence-electron chi connectivity index (χ3n) is 3.15. The summed E-state index contributed by atoms with van der Waals surface area (Å²) in [4.78, 5) is 8.72. The van der Waals surface area contributed by atoms with E-state index in [4.69, 9.17) is 4.99 Å². The van der Waals surface area contributed by atoms with Gasteiger partial charge in [0.1, 0.15) is 0 Å². The molecule has 0 saturated heterocycles. The Bertz CT molecular complexity index is 403. The van der Waals surface area contributed by atoms with Crippen LogP contribution in [0, 0.1) is 0 Å². The molecule has 20 heavy (non-hydrogen) atoms. The normalized spacial score (nSPS) is 13.5. The molecule has 4 heteroatoms. The van der Waals surface area contributed by atoms with Crippen molar-refractivity contribution in [1.82, 2.24) is 9.80 Å². The standard InChI is InChI=1S/C16H27N3O/c1-13(20)11-15(14-9-7-6-8-10-14)12-17-16(18(2)3)19(4)5/h6-10,13,15,20H,11-12H2,1-5H3/t13-,15+/m0/s1. The Balaban J connectivity index is 2.88. The molecular weight excluding hydrogens is 250 g/mol. The number of aliphatic hydroxyl groups excluding tert-OH is 1. The van der Waals surface area contributed by atoms with Crippen molar-refractivity contribution in [2.75, 3.05) is 34.7 Å². The maximum atomic E-state index is 9.70. The second kappa shape index (κ2) is 7.90. The lowest BCUT2D eigenvalue weighted by Gasteiger charge is -2.24. The van der Waals surface area contributed by atoms with E-state index in [9.17, 15) is 5.11 Å². The van der Waals surface area contributed by atoms with Gasteiger partial charge < -0.3 is 14.9 Å². The maximum Gasteiger partial charge on any atom is 0.195 e. The van der Waals surface area contributed by atoms with Crippen LogP contribution in [0.15, 0.2) is 35.3 Å². The van der Waals surface area contributed by atoms with Crippen LogP contribution in [-0.4, -0.2) is 61.7 Å². The second-order valence-corrected chi connectivity index (χ2v) is 5.62. The topological polar surface area (TPSA) is 39.1 Å². The zero-order valence-corrected chi connectivity index (χ0v) is 13.2. The van der Waals surface area contributed by atoms with E-state index in [1.54, 1.807) is 0 Å². The van der Waals surface area contributed by atoms with Crippen LogP contribution in [0.3, 0.4) is 0 Å². The second-order valence-electron chi connectivity index (χ2n) is 5.62. The zero-order valence-electron chi connectivity index (χ0n) is 13.2. The summed E-state index contributed by atoms with van der Waals surface area (Å²) in [7, 11) is 7.96. The van der Waals surface area contributed by atoms with Gasteiger partial charge in [0.2, 0.25) is 0 Å². The summed E-state index contributed by atoms with van der Waals surface area (Å²) < 4.78 is 0. The number of aliphatic hydroxyl groups is 1. The van der Waals surface area contributed by atoms with E-state index in [2.05, 4.69) is 12.1 Å². The molecule has 1 aromatic carbocycles. The summed E-state index contributed by atoms with van der Waals surface area (Å²) in [6.45, 7) is 2.51. The molecule has 0 aliphatic rings. The highest BCUT2D eigenvalue weighted by Gasteiger charge is 2.15. The van der Waals surface area contributed by atoms with Gasteiger partial charge in [0.05, 0.1) is 6.10 Å². The van der Waals surface area contributed by atoms with Gasteiger partial charge in [-0.05, 0) is 18.9 Å². The van der Waals surface area contributed by atoms with Crippen molar-refractivity contribution < 1.29 is 5.11 Å². The van der Waals surface area contributed by atoms with Crippen molar-refractivity contribution in [2.45, 2.75) is 25.4 Å². The first-order valence-corrected chi connectivity index (χ1v) is 7.04. The van der Waals surface area contributed by atoms with E-state index in [1.165, 1.54) is 5.56 Å². The number of benzene rings is 1. The van der Waals surface area contributed by atoms with Crippen molar-refractivity contribution in [3.05, 3.63) is 35.9 Å². The van der Waals surface area contributed by atoms with Crippen LogP contribution in [0.1, 0.15) is 24.8 Å². The smallest absolute Gasteiger partial charge is 0.195 e. The average molecular weight is 277 g/mol. The predicted octanol–water partition coefficient (Wildman–Crippen LogP) is 2.02. The molecule has 0 bridgehead atoms. The Labute approximate surface area is 122 Å². The first-order chi connectivity index (χ1) is 9.41. The fraction of sp³-hybridized carbons (Fsp3) is 0.562. The van der Waals surface area contributed by atoms with Crippen molar-refractivity contribution in [1.29, 1.82) is 0 Å². The van der Waals surface area contributed by atoms with Gasteiger partial charge in [-0.15, -0.1) is 0 Å². The number of aliphatic imine (C=N–C) groups is 1. The Morgan fingerprint density at radius 3 is 2.10 bits per heavy atom. The largest absolute Gasteiger partial charge is 0.393 e. The lowest BCUT2D eigenvalue weighted by molar-refractivity contribution is 0.175. The minimum Gasteiger partial charge on any atom is -0.393 e. The van der Waals surface area contributed by atoms with Crippen molar-refractivity contribution in [3.63, 3.8) is 0 Å². The molecule has 0 unspecified atom stereocenters. The van der Waals surface area contributed by atoms with Crippen molar-refractivity contribution in [2.24, 2.45) is 4.99 Å². The SMILES string of the molecule is C[C@H](O)C[C@H](CN=C(N(C)C)N(C)C)c1ccccc1. The van der Waals surface area contributed by atoms with Gasteiger partial charge >= 0.3 is 0 Å². The van der Waals surface area contributed by atoms with Crippen LogP contribution in [0.25, 0.3) is 0 Å². The van der Waals surface area contributed by atoms with Gasteiger partial charge in [0, 0.05) is 40.7 Å². The Kier molecular flexibility index (Phi) is 6.52. The minimum atomic E-state index is -0.322. The molecule has 0 radical (unpaired) electrons. The average Bonchev–Trinajstić information content (AvgIpc) is 2.37. The van der Waals surface area contributed by atoms with Crippen LogP contribution in [-0.2, 0) is 0 Å². The fourth-order valence-electron chi connectivity index (χ4n) is 2.33. The molecular formula is C16H27N3O. The van der Waals surface area contributed by atoms with E-state index in [0.29, 0.717) is 6.54 Å². The van der Waals surface area contributed by atoms with Gasteiger partial charge in [-0.3, -0.25) is 4.99 Å². The molecule has 0 aliphatic heterocycles. The summed E-state index contributed by atoms with van der Waals surface area (Å²) in [5.41, 5.74) is 1.23. The number of hydrogen-bond donors (Lipinski definition) is 1. The van der Waals surface area contributed by atoms with Gasteiger partial charge in [0.15, 0.2) is 5.96 Å². The molecule has 0 spiro atoms. The Morgan fingerprint density at radius 1 is 1.10 bits per heavy atom. The molecule has 0 amide bonds. The molecule has 1 aromatic rings. The first-order valence-electron chi connectivity index (χ1n) is 7.04. The lowest BCUT2D eigenvalue weighted by atomic mass is 9.93. The van der Waals surface area contributed by atoms with Crippen molar-refractivity contribution >= 4 is 5.96 Å². The zero-order chi connectivity index (χ0) is 15.1. The van der Waals surface area contributed by atoms with Crippen LogP contribution >= 0.6 is 0 Å². The van der Waals surface area contributed by atoms with E-state index < -0.39 is 0 Å². The summed E-state index contributed by atoms with van der Waals surface area (Å²) in [6, 6.07) is 10.3. The molecule has 2 atom stereocenters. The van der Waals surface area contributed by atoms with E-state index >= 15 is 0 Å². The molecule has 0 saturated carbocycles. The summed E-state index contributed by atoms with van der Waals surface area (Å²) in [5, 5.41) is 9.70. The molecule has 1 N–H and O–H groups in total. The van der Waals surface area contributed by atoms with Crippen LogP contribution in [0.5, 0.6) is 0 Å². The number of rotatable bonds is 5. The van der Waals surface area contributed by atoms with E-state index in [1.807, 2.05) is 63.1 Å². The third-order valence-corrected chi connectivity index (χ3v) is 3.15. The number of nitrogens with zero attached hydrogens (tertiary/aromatic N) is 3. The molecule has 112 valence electrons. The van der Waals surface area contributed by atoms with Crippen LogP contribution in [0.4, 0.5) is 0 Å². The highest BCUT2D eigenvalue weighted by Crippen LogP contribution is 2.21. The van der Waals surface area contributed by atoms with E-state index in [0.717, 1.165) is 12.4 Å². The summed E-state index contributed by atoms with van der Waals surface area (Å²) in [5.74, 6) is 1.18. The van der Waals surface area contributed by atoms with Crippen LogP contribution < -0.4 is 0 Å². The molecule has 0 heterocycles. The third kappa shape index (κ3) is 5.21. The summed E-state index contributed by atoms with van der Waals surface area (Å²) in [6.07, 6.45) is 0.402. The molecule has 1 rings (SSSR count). The van der Waals surface area contributed by atoms with Crippen molar-refractivity contribution in [3.8, 4) is 0 Å². The monoisotopic (exact) mass is 277 g/mol. The van der Waals surface area contributed by atoms with Gasteiger partial charge in [-0.1, -0.05) is 30.3 Å². The van der Waals surface area contributed by atoms with Gasteiger partial charge in [-0.25, -0.2) is 0 Å². The fourth-order valence-corrected chi connectivity index (χ4v) is 2.33. The predicted molar refractivity (Wildman–Crippen MR) is 85.2 cm³/mol.